The number of piperidine rings is 1. The molecule has 2 fully saturated rings. The zero-order valence-corrected chi connectivity index (χ0v) is 14.8. The average Bonchev–Trinajstić information content (AvgIpc) is 2.29. The summed E-state index contributed by atoms with van der Waals surface area (Å²) >= 11 is 2.59. The fourth-order valence-electron chi connectivity index (χ4n) is 3.93. The van der Waals surface area contributed by atoms with Crippen LogP contribution in [0.15, 0.2) is 0 Å². The van der Waals surface area contributed by atoms with Crippen LogP contribution in [0.2, 0.25) is 0 Å². The molecule has 1 aliphatic carbocycles. The molecule has 2 rings (SSSR count). The quantitative estimate of drug-likeness (QED) is 0.375. The van der Waals surface area contributed by atoms with Crippen LogP contribution in [0, 0.1) is 17.3 Å². The smallest absolute Gasteiger partial charge is 0.0673 e. The fraction of sp³-hybridized carbons (Fsp3) is 1.00. The molecule has 0 bridgehead atoms. The van der Waals surface area contributed by atoms with E-state index in [0.29, 0.717) is 3.55 Å². The topological polar surface area (TPSA) is 3.24 Å². The fourth-order valence-corrected chi connectivity index (χ4v) is 4.41. The Morgan fingerprint density at radius 3 is 1.94 bits per heavy atom. The van der Waals surface area contributed by atoms with Crippen molar-refractivity contribution in [1.29, 1.82) is 0 Å². The monoisotopic (exact) mass is 363 g/mol. The Bertz CT molecular complexity index is 261. The van der Waals surface area contributed by atoms with Crippen LogP contribution in [-0.2, 0) is 0 Å². The number of hydrogen-bond donors (Lipinski definition) is 0. The average molecular weight is 363 g/mol. The minimum absolute atomic E-state index is 0.342. The SMILES string of the molecule is CC(C)C1CCC2(CC1)CCN(C(C)(C)I)CC2. The predicted molar refractivity (Wildman–Crippen MR) is 88.1 cm³/mol. The maximum absolute atomic E-state index is 2.67. The molecule has 106 valence electrons. The lowest BCUT2D eigenvalue weighted by Crippen LogP contribution is -2.48. The first-order chi connectivity index (χ1) is 8.32. The minimum atomic E-state index is 0.342. The van der Waals surface area contributed by atoms with E-state index in [9.17, 15) is 0 Å². The molecule has 18 heavy (non-hydrogen) atoms. The minimum Gasteiger partial charge on any atom is -0.290 e. The summed E-state index contributed by atoms with van der Waals surface area (Å²) in [5, 5.41) is 0. The molecule has 0 aromatic heterocycles. The molecule has 0 N–H and O–H groups in total. The summed E-state index contributed by atoms with van der Waals surface area (Å²) in [5.74, 6) is 1.91. The molecule has 1 heterocycles. The van der Waals surface area contributed by atoms with Gasteiger partial charge in [0, 0.05) is 0 Å². The van der Waals surface area contributed by atoms with E-state index in [4.69, 9.17) is 0 Å². The molecule has 0 radical (unpaired) electrons. The summed E-state index contributed by atoms with van der Waals surface area (Å²) in [7, 11) is 0. The third-order valence-electron chi connectivity index (χ3n) is 5.61. The zero-order chi connectivity index (χ0) is 13.4. The Labute approximate surface area is 127 Å². The first kappa shape index (κ1) is 15.1. The molecule has 1 saturated heterocycles. The standard InChI is InChI=1S/C16H30IN/c1-13(2)14-5-7-16(8-6-14)9-11-18(12-10-16)15(3,4)17/h13-14H,5-12H2,1-4H3. The van der Waals surface area contributed by atoms with Gasteiger partial charge < -0.3 is 0 Å². The van der Waals surface area contributed by atoms with Crippen LogP contribution in [0.5, 0.6) is 0 Å². The van der Waals surface area contributed by atoms with E-state index in [-0.39, 0.29) is 0 Å². The first-order valence-corrected chi connectivity index (χ1v) is 8.84. The molecule has 0 unspecified atom stereocenters. The van der Waals surface area contributed by atoms with Crippen molar-refractivity contribution in [2.75, 3.05) is 13.1 Å². The molecule has 0 atom stereocenters. The molecule has 0 aromatic rings. The molecule has 1 spiro atoms. The Hall–Kier alpha value is 0.690. The van der Waals surface area contributed by atoms with Gasteiger partial charge in [-0.05, 0) is 82.7 Å². The number of hydrogen-bond acceptors (Lipinski definition) is 1. The van der Waals surface area contributed by atoms with Crippen molar-refractivity contribution in [3.05, 3.63) is 0 Å². The number of nitrogens with zero attached hydrogens (tertiary/aromatic N) is 1. The van der Waals surface area contributed by atoms with Crippen LogP contribution < -0.4 is 0 Å². The lowest BCUT2D eigenvalue weighted by atomic mass is 9.64. The van der Waals surface area contributed by atoms with Crippen LogP contribution in [0.3, 0.4) is 0 Å². The summed E-state index contributed by atoms with van der Waals surface area (Å²) < 4.78 is 0.342. The van der Waals surface area contributed by atoms with E-state index < -0.39 is 0 Å². The number of rotatable bonds is 2. The van der Waals surface area contributed by atoms with Crippen molar-refractivity contribution in [1.82, 2.24) is 4.90 Å². The second-order valence-corrected chi connectivity index (χ2v) is 10.1. The molecule has 0 amide bonds. The molecule has 1 saturated carbocycles. The van der Waals surface area contributed by atoms with Gasteiger partial charge in [0.15, 0.2) is 0 Å². The van der Waals surface area contributed by atoms with Crippen LogP contribution in [-0.4, -0.2) is 21.5 Å². The van der Waals surface area contributed by atoms with Crippen LogP contribution in [0.4, 0.5) is 0 Å². The van der Waals surface area contributed by atoms with Gasteiger partial charge in [-0.1, -0.05) is 36.4 Å². The highest BCUT2D eigenvalue weighted by molar-refractivity contribution is 14.1. The summed E-state index contributed by atoms with van der Waals surface area (Å²) in [4.78, 5) is 2.67. The van der Waals surface area contributed by atoms with Crippen molar-refractivity contribution in [3.63, 3.8) is 0 Å². The Kier molecular flexibility index (Phi) is 4.69. The van der Waals surface area contributed by atoms with Gasteiger partial charge in [-0.15, -0.1) is 0 Å². The molecule has 2 aliphatic rings. The highest BCUT2D eigenvalue weighted by Crippen LogP contribution is 2.48. The van der Waals surface area contributed by atoms with E-state index in [2.05, 4.69) is 55.2 Å². The van der Waals surface area contributed by atoms with Crippen LogP contribution in [0.1, 0.15) is 66.2 Å². The second kappa shape index (κ2) is 5.59. The molecule has 1 nitrogen and oxygen atoms in total. The normalized spacial score (nSPS) is 27.0. The van der Waals surface area contributed by atoms with Crippen LogP contribution >= 0.6 is 22.6 Å². The summed E-state index contributed by atoms with van der Waals surface area (Å²) in [6.45, 7) is 12.2. The van der Waals surface area contributed by atoms with Crippen molar-refractivity contribution in [2.24, 2.45) is 17.3 Å². The molecular weight excluding hydrogens is 333 g/mol. The number of likely N-dealkylation sites (tertiary alicyclic amines) is 1. The number of alkyl halides is 1. The van der Waals surface area contributed by atoms with Gasteiger partial charge in [-0.2, -0.15) is 0 Å². The van der Waals surface area contributed by atoms with Crippen molar-refractivity contribution in [2.45, 2.75) is 69.8 Å². The van der Waals surface area contributed by atoms with Gasteiger partial charge in [-0.3, -0.25) is 4.90 Å². The summed E-state index contributed by atoms with van der Waals surface area (Å²) in [6, 6.07) is 0. The third-order valence-corrected chi connectivity index (χ3v) is 6.29. The molecule has 1 aliphatic heterocycles. The first-order valence-electron chi connectivity index (χ1n) is 7.76. The van der Waals surface area contributed by atoms with E-state index in [1.807, 2.05) is 0 Å². The van der Waals surface area contributed by atoms with E-state index in [1.54, 1.807) is 0 Å². The van der Waals surface area contributed by atoms with Crippen molar-refractivity contribution in [3.8, 4) is 0 Å². The molecular formula is C16H30IN. The van der Waals surface area contributed by atoms with E-state index in [0.717, 1.165) is 17.3 Å². The second-order valence-electron chi connectivity index (χ2n) is 7.48. The van der Waals surface area contributed by atoms with E-state index >= 15 is 0 Å². The maximum atomic E-state index is 2.67. The summed E-state index contributed by atoms with van der Waals surface area (Å²) in [6.07, 6.45) is 8.89. The van der Waals surface area contributed by atoms with Crippen LogP contribution in [0.25, 0.3) is 0 Å². The number of halogens is 1. The molecule has 2 heteroatoms. The molecule has 0 aromatic carbocycles. The maximum Gasteiger partial charge on any atom is 0.0673 e. The zero-order valence-electron chi connectivity index (χ0n) is 12.6. The predicted octanol–water partition coefficient (Wildman–Crippen LogP) is 5.09. The Morgan fingerprint density at radius 2 is 1.56 bits per heavy atom. The Balaban J connectivity index is 1.86. The highest BCUT2D eigenvalue weighted by Gasteiger charge is 2.40. The lowest BCUT2D eigenvalue weighted by molar-refractivity contribution is 0.0297. The van der Waals surface area contributed by atoms with Gasteiger partial charge in [0.2, 0.25) is 0 Å². The third kappa shape index (κ3) is 3.41. The van der Waals surface area contributed by atoms with Crippen molar-refractivity contribution >= 4 is 22.6 Å². The largest absolute Gasteiger partial charge is 0.290 e. The van der Waals surface area contributed by atoms with Gasteiger partial charge >= 0.3 is 0 Å². The van der Waals surface area contributed by atoms with E-state index in [1.165, 1.54) is 51.6 Å². The van der Waals surface area contributed by atoms with Gasteiger partial charge in [-0.25, -0.2) is 0 Å². The highest BCUT2D eigenvalue weighted by atomic mass is 127. The summed E-state index contributed by atoms with van der Waals surface area (Å²) in [5.41, 5.74) is 0.726. The van der Waals surface area contributed by atoms with Gasteiger partial charge in [0.25, 0.3) is 0 Å². The van der Waals surface area contributed by atoms with Crippen molar-refractivity contribution < 1.29 is 0 Å². The lowest BCUT2D eigenvalue weighted by Gasteiger charge is -2.49. The Morgan fingerprint density at radius 1 is 1.06 bits per heavy atom. The van der Waals surface area contributed by atoms with Gasteiger partial charge in [0.1, 0.15) is 0 Å². The van der Waals surface area contributed by atoms with Gasteiger partial charge in [0.05, 0.1) is 3.55 Å².